The minimum Gasteiger partial charge on any atom is -0.383 e. The van der Waals surface area contributed by atoms with Gasteiger partial charge in [-0.05, 0) is 28.8 Å². The van der Waals surface area contributed by atoms with E-state index in [-0.39, 0.29) is 11.5 Å². The highest BCUT2D eigenvalue weighted by molar-refractivity contribution is 9.10. The summed E-state index contributed by atoms with van der Waals surface area (Å²) in [6, 6.07) is 0. The summed E-state index contributed by atoms with van der Waals surface area (Å²) in [6.45, 7) is 0. The largest absolute Gasteiger partial charge is 0.383 e. The summed E-state index contributed by atoms with van der Waals surface area (Å²) in [5.41, 5.74) is 10.9. The molecular weight excluding hydrogens is 248 g/mol. The number of anilines is 1. The molecule has 1 saturated carbocycles. The number of hydrogen-bond acceptors (Lipinski definition) is 4. The Kier molecular flexibility index (Phi) is 2.14. The molecule has 1 aromatic heterocycles. The Morgan fingerprint density at radius 1 is 1.43 bits per heavy atom. The van der Waals surface area contributed by atoms with Crippen molar-refractivity contribution in [2.75, 3.05) is 5.73 Å². The van der Waals surface area contributed by atoms with Crippen molar-refractivity contribution in [2.45, 2.75) is 18.8 Å². The molecule has 0 atom stereocenters. The number of primary amides is 1. The number of nitrogens with zero attached hydrogens (tertiary/aromatic N) is 2. The van der Waals surface area contributed by atoms with Gasteiger partial charge in [0.2, 0.25) is 0 Å². The lowest BCUT2D eigenvalue weighted by Crippen LogP contribution is -2.17. The van der Waals surface area contributed by atoms with Crippen LogP contribution < -0.4 is 11.5 Å². The van der Waals surface area contributed by atoms with Crippen molar-refractivity contribution in [1.29, 1.82) is 0 Å². The van der Waals surface area contributed by atoms with Crippen LogP contribution in [-0.4, -0.2) is 15.9 Å². The molecular formula is C8H9BrN4O. The highest BCUT2D eigenvalue weighted by Crippen LogP contribution is 2.39. The molecule has 0 saturated heterocycles. The molecule has 2 rings (SSSR count). The third-order valence-electron chi connectivity index (χ3n) is 2.07. The summed E-state index contributed by atoms with van der Waals surface area (Å²) in [6.07, 6.45) is 2.11. The van der Waals surface area contributed by atoms with Gasteiger partial charge in [0.25, 0.3) is 5.91 Å². The van der Waals surface area contributed by atoms with Crippen LogP contribution in [0.15, 0.2) is 4.47 Å². The fourth-order valence-electron chi connectivity index (χ4n) is 1.17. The zero-order valence-electron chi connectivity index (χ0n) is 7.33. The minimum atomic E-state index is -0.590. The summed E-state index contributed by atoms with van der Waals surface area (Å²) < 4.78 is 0.384. The van der Waals surface area contributed by atoms with Gasteiger partial charge in [0.1, 0.15) is 17.3 Å². The highest BCUT2D eigenvalue weighted by atomic mass is 79.9. The van der Waals surface area contributed by atoms with E-state index < -0.39 is 5.91 Å². The Hall–Kier alpha value is -1.17. The van der Waals surface area contributed by atoms with Gasteiger partial charge >= 0.3 is 0 Å². The van der Waals surface area contributed by atoms with Crippen LogP contribution in [0.3, 0.4) is 0 Å². The number of amides is 1. The number of carbonyl (C=O) groups is 1. The van der Waals surface area contributed by atoms with Crippen LogP contribution in [0.4, 0.5) is 5.82 Å². The van der Waals surface area contributed by atoms with E-state index in [4.69, 9.17) is 11.5 Å². The molecule has 0 aliphatic heterocycles. The van der Waals surface area contributed by atoms with E-state index in [0.29, 0.717) is 16.2 Å². The molecule has 5 nitrogen and oxygen atoms in total. The first-order valence-corrected chi connectivity index (χ1v) is 5.01. The fraction of sp³-hybridized carbons (Fsp3) is 0.375. The lowest BCUT2D eigenvalue weighted by molar-refractivity contribution is 0.0994. The number of nitrogen functional groups attached to an aromatic ring is 1. The first-order valence-electron chi connectivity index (χ1n) is 4.22. The van der Waals surface area contributed by atoms with Crippen LogP contribution in [0.25, 0.3) is 0 Å². The first-order chi connectivity index (χ1) is 6.59. The van der Waals surface area contributed by atoms with Crippen molar-refractivity contribution in [1.82, 2.24) is 9.97 Å². The van der Waals surface area contributed by atoms with Crippen LogP contribution in [0, 0.1) is 0 Å². The number of halogens is 1. The molecule has 1 aliphatic carbocycles. The third-order valence-corrected chi connectivity index (χ3v) is 2.85. The minimum absolute atomic E-state index is 0.166. The summed E-state index contributed by atoms with van der Waals surface area (Å²) in [7, 11) is 0. The maximum Gasteiger partial charge on any atom is 0.268 e. The lowest BCUT2D eigenvalue weighted by Gasteiger charge is -2.05. The van der Waals surface area contributed by atoms with Crippen LogP contribution >= 0.6 is 15.9 Å². The molecule has 14 heavy (non-hydrogen) atoms. The van der Waals surface area contributed by atoms with Gasteiger partial charge in [-0.15, -0.1) is 0 Å². The van der Waals surface area contributed by atoms with Crippen molar-refractivity contribution >= 4 is 27.7 Å². The SMILES string of the molecule is NC(=O)c1nc(C2CC2)nc(N)c1Br. The predicted molar refractivity (Wildman–Crippen MR) is 54.6 cm³/mol. The van der Waals surface area contributed by atoms with E-state index in [9.17, 15) is 4.79 Å². The van der Waals surface area contributed by atoms with Gasteiger partial charge < -0.3 is 11.5 Å². The van der Waals surface area contributed by atoms with Crippen molar-refractivity contribution in [3.63, 3.8) is 0 Å². The molecule has 1 aromatic rings. The van der Waals surface area contributed by atoms with E-state index in [2.05, 4.69) is 25.9 Å². The molecule has 4 N–H and O–H groups in total. The van der Waals surface area contributed by atoms with Gasteiger partial charge in [0.15, 0.2) is 0 Å². The smallest absolute Gasteiger partial charge is 0.268 e. The monoisotopic (exact) mass is 256 g/mol. The highest BCUT2D eigenvalue weighted by Gasteiger charge is 2.28. The zero-order valence-corrected chi connectivity index (χ0v) is 8.91. The number of aromatic nitrogens is 2. The van der Waals surface area contributed by atoms with Crippen LogP contribution in [0.2, 0.25) is 0 Å². The Morgan fingerprint density at radius 2 is 2.07 bits per heavy atom. The molecule has 0 unspecified atom stereocenters. The van der Waals surface area contributed by atoms with Crippen LogP contribution in [0.1, 0.15) is 35.1 Å². The average molecular weight is 257 g/mol. The number of rotatable bonds is 2. The molecule has 1 amide bonds. The van der Waals surface area contributed by atoms with Gasteiger partial charge in [-0.3, -0.25) is 4.79 Å². The molecule has 0 aromatic carbocycles. The number of nitrogens with two attached hydrogens (primary N) is 2. The van der Waals surface area contributed by atoms with Crippen molar-refractivity contribution in [3.05, 3.63) is 16.0 Å². The lowest BCUT2D eigenvalue weighted by atomic mass is 10.3. The maximum atomic E-state index is 11.0. The summed E-state index contributed by atoms with van der Waals surface area (Å²) in [5.74, 6) is 0.659. The van der Waals surface area contributed by atoms with Crippen molar-refractivity contribution < 1.29 is 4.79 Å². The second-order valence-electron chi connectivity index (χ2n) is 3.27. The summed E-state index contributed by atoms with van der Waals surface area (Å²) in [5, 5.41) is 0. The van der Waals surface area contributed by atoms with Gasteiger partial charge in [-0.1, -0.05) is 0 Å². The molecule has 1 fully saturated rings. The molecule has 1 heterocycles. The Balaban J connectivity index is 2.51. The maximum absolute atomic E-state index is 11.0. The number of carbonyl (C=O) groups excluding carboxylic acids is 1. The second kappa shape index (κ2) is 3.20. The Bertz CT molecular complexity index is 403. The first kappa shape index (κ1) is 9.39. The van der Waals surface area contributed by atoms with Gasteiger partial charge in [0, 0.05) is 5.92 Å². The van der Waals surface area contributed by atoms with E-state index >= 15 is 0 Å². The zero-order chi connectivity index (χ0) is 10.3. The predicted octanol–water partition coefficient (Wildman–Crippen LogP) is 0.798. The van der Waals surface area contributed by atoms with Gasteiger partial charge in [0.05, 0.1) is 4.47 Å². The second-order valence-corrected chi connectivity index (χ2v) is 4.06. The Labute approximate surface area is 89.0 Å². The molecule has 0 spiro atoms. The quantitative estimate of drug-likeness (QED) is 0.819. The summed E-state index contributed by atoms with van der Waals surface area (Å²) in [4.78, 5) is 19.2. The van der Waals surface area contributed by atoms with E-state index in [1.165, 1.54) is 0 Å². The normalized spacial score (nSPS) is 15.5. The van der Waals surface area contributed by atoms with Crippen LogP contribution in [-0.2, 0) is 0 Å². The third kappa shape index (κ3) is 1.57. The van der Waals surface area contributed by atoms with E-state index in [1.807, 2.05) is 0 Å². The molecule has 1 aliphatic rings. The molecule has 74 valence electrons. The van der Waals surface area contributed by atoms with Crippen LogP contribution in [0.5, 0.6) is 0 Å². The van der Waals surface area contributed by atoms with Gasteiger partial charge in [-0.2, -0.15) is 0 Å². The topological polar surface area (TPSA) is 94.9 Å². The van der Waals surface area contributed by atoms with Crippen molar-refractivity contribution in [3.8, 4) is 0 Å². The Morgan fingerprint density at radius 3 is 2.57 bits per heavy atom. The van der Waals surface area contributed by atoms with Gasteiger partial charge in [-0.25, -0.2) is 9.97 Å². The molecule has 0 radical (unpaired) electrons. The fourth-order valence-corrected chi connectivity index (χ4v) is 1.54. The van der Waals surface area contributed by atoms with Crippen molar-refractivity contribution in [2.24, 2.45) is 5.73 Å². The molecule has 0 bridgehead atoms. The summed E-state index contributed by atoms with van der Waals surface area (Å²) >= 11 is 3.13. The van der Waals surface area contributed by atoms with E-state index in [1.54, 1.807) is 0 Å². The molecule has 6 heteroatoms. The number of hydrogen-bond donors (Lipinski definition) is 2. The van der Waals surface area contributed by atoms with E-state index in [0.717, 1.165) is 12.8 Å². The average Bonchev–Trinajstić information content (AvgIpc) is 2.91. The standard InChI is InChI=1S/C8H9BrN4O/c9-4-5(7(11)14)12-8(3-1-2-3)13-6(4)10/h3H,1-2H2,(H2,11,14)(H2,10,12,13).